The van der Waals surface area contributed by atoms with E-state index in [0.717, 1.165) is 35.2 Å². The van der Waals surface area contributed by atoms with E-state index in [4.69, 9.17) is 10.1 Å². The van der Waals surface area contributed by atoms with Crippen molar-refractivity contribution in [1.82, 2.24) is 34.2 Å². The first-order valence-electron chi connectivity index (χ1n) is 12.4. The molecule has 4 heterocycles. The van der Waals surface area contributed by atoms with Gasteiger partial charge in [-0.1, -0.05) is 13.5 Å². The van der Waals surface area contributed by atoms with Crippen LogP contribution in [-0.2, 0) is 14.1 Å². The Balaban J connectivity index is 0.00000252. The standard InChI is InChI=1S/C27H29IN7P.CH4/c1-15-7-22-20(12-31-35(22)36-28)23(16(15)2)25-24(17-5-6-21-18(8-17)11-30-34(21)4)32-26(33(25)3)19-9-27(10-19)13-29-14-27;/h5-8,11-12,19,29,36H,9-10,13-14H2,1-4H3;1H4. The molecule has 5 aromatic rings. The number of hydrogen-bond acceptors (Lipinski definition) is 4. The van der Waals surface area contributed by atoms with Crippen LogP contribution in [-0.4, -0.2) is 42.0 Å². The van der Waals surface area contributed by atoms with Crippen molar-refractivity contribution in [3.05, 3.63) is 53.6 Å². The second kappa shape index (κ2) is 8.89. The van der Waals surface area contributed by atoms with Crippen molar-refractivity contribution in [2.45, 2.75) is 40.0 Å². The largest absolute Gasteiger partial charge is 0.330 e. The molecule has 7 nitrogen and oxygen atoms in total. The molecular weight excluding hydrogens is 592 g/mol. The maximum Gasteiger partial charge on any atom is 0.112 e. The second-order valence-electron chi connectivity index (χ2n) is 10.7. The minimum Gasteiger partial charge on any atom is -0.330 e. The van der Waals surface area contributed by atoms with Crippen molar-refractivity contribution >= 4 is 50.2 Å². The van der Waals surface area contributed by atoms with Crippen LogP contribution in [0.1, 0.15) is 43.1 Å². The van der Waals surface area contributed by atoms with E-state index in [1.165, 1.54) is 52.0 Å². The summed E-state index contributed by atoms with van der Waals surface area (Å²) in [7, 11) is 4.21. The number of halogens is 1. The summed E-state index contributed by atoms with van der Waals surface area (Å²) in [5.74, 6) is 1.71. The predicted octanol–water partition coefficient (Wildman–Crippen LogP) is 6.50. The highest BCUT2D eigenvalue weighted by Gasteiger charge is 2.50. The molecule has 0 radical (unpaired) electrons. The smallest absolute Gasteiger partial charge is 0.112 e. The molecule has 0 bridgehead atoms. The molecule has 7 rings (SSSR count). The summed E-state index contributed by atoms with van der Waals surface area (Å²) in [6.45, 7) is 6.76. The Bertz CT molecular complexity index is 1670. The van der Waals surface area contributed by atoms with Gasteiger partial charge in [0.2, 0.25) is 0 Å². The van der Waals surface area contributed by atoms with Gasteiger partial charge in [-0.3, -0.25) is 4.68 Å². The lowest BCUT2D eigenvalue weighted by Gasteiger charge is -2.54. The summed E-state index contributed by atoms with van der Waals surface area (Å²) in [5, 5.41) is 15.0. The van der Waals surface area contributed by atoms with Crippen LogP contribution in [0.5, 0.6) is 0 Å². The van der Waals surface area contributed by atoms with E-state index in [0.29, 0.717) is 17.7 Å². The molecule has 1 aliphatic carbocycles. The Kier molecular flexibility index (Phi) is 6.01. The van der Waals surface area contributed by atoms with Gasteiger partial charge in [0.15, 0.2) is 0 Å². The van der Waals surface area contributed by atoms with Crippen molar-refractivity contribution in [2.24, 2.45) is 19.5 Å². The molecule has 1 N–H and O–H groups in total. The third-order valence-electron chi connectivity index (χ3n) is 8.59. The lowest BCUT2D eigenvalue weighted by molar-refractivity contribution is 0.0321. The fourth-order valence-corrected chi connectivity index (χ4v) is 7.92. The zero-order valence-electron chi connectivity index (χ0n) is 20.9. The number of aromatic nitrogens is 6. The molecule has 2 fully saturated rings. The van der Waals surface area contributed by atoms with Crippen LogP contribution in [0, 0.1) is 19.3 Å². The normalized spacial score (nSPS) is 17.1. The van der Waals surface area contributed by atoms with Crippen molar-refractivity contribution in [1.29, 1.82) is 0 Å². The van der Waals surface area contributed by atoms with Gasteiger partial charge in [0, 0.05) is 55.0 Å². The Hall–Kier alpha value is -2.29. The second-order valence-corrected chi connectivity index (χ2v) is 12.8. The van der Waals surface area contributed by atoms with Gasteiger partial charge in [0.05, 0.1) is 41.2 Å². The molecule has 1 saturated carbocycles. The van der Waals surface area contributed by atoms with Crippen molar-refractivity contribution in [2.75, 3.05) is 13.1 Å². The lowest BCUT2D eigenvalue weighted by Crippen LogP contribution is -2.59. The SMILES string of the molecule is C.Cc1cc2c(cnn2PI)c(-c2c(-c3ccc4c(cnn4C)c3)nc(C3CC4(CNC4)C3)n2C)c1C. The number of nitrogens with one attached hydrogen (secondary N) is 1. The number of nitrogens with zero attached hydrogens (tertiary/aromatic N) is 6. The maximum atomic E-state index is 5.41. The molecule has 1 aliphatic heterocycles. The summed E-state index contributed by atoms with van der Waals surface area (Å²) in [5.41, 5.74) is 10.1. The minimum atomic E-state index is 0. The number of rotatable bonds is 4. The molecule has 37 heavy (non-hydrogen) atoms. The van der Waals surface area contributed by atoms with Gasteiger partial charge in [0.1, 0.15) is 5.82 Å². The Morgan fingerprint density at radius 2 is 1.84 bits per heavy atom. The van der Waals surface area contributed by atoms with E-state index in [9.17, 15) is 0 Å². The van der Waals surface area contributed by atoms with E-state index < -0.39 is 0 Å². The average Bonchev–Trinajstić information content (AvgIpc) is 3.49. The number of hydrogen-bond donors (Lipinski definition) is 1. The summed E-state index contributed by atoms with van der Waals surface area (Å²) in [4.78, 5) is 5.41. The number of fused-ring (bicyclic) bond motifs is 2. The summed E-state index contributed by atoms with van der Waals surface area (Å²) in [6.07, 6.45) is 7.00. The molecule has 1 spiro atoms. The molecule has 192 valence electrons. The van der Waals surface area contributed by atoms with Crippen LogP contribution >= 0.6 is 28.4 Å². The molecule has 3 aromatic heterocycles. The zero-order chi connectivity index (χ0) is 24.8. The Morgan fingerprint density at radius 3 is 2.54 bits per heavy atom. The topological polar surface area (TPSA) is 65.5 Å². The van der Waals surface area contributed by atoms with E-state index in [1.54, 1.807) is 0 Å². The molecule has 9 heteroatoms. The summed E-state index contributed by atoms with van der Waals surface area (Å²) >= 11 is 2.41. The summed E-state index contributed by atoms with van der Waals surface area (Å²) in [6, 6.07) is 8.90. The third-order valence-corrected chi connectivity index (χ3v) is 10.5. The van der Waals surface area contributed by atoms with Crippen LogP contribution < -0.4 is 5.32 Å². The van der Waals surface area contributed by atoms with E-state index in [-0.39, 0.29) is 7.43 Å². The zero-order valence-corrected chi connectivity index (χ0v) is 24.1. The Morgan fingerprint density at radius 1 is 1.05 bits per heavy atom. The summed E-state index contributed by atoms with van der Waals surface area (Å²) < 4.78 is 6.43. The highest BCUT2D eigenvalue weighted by molar-refractivity contribution is 14.2. The Labute approximate surface area is 232 Å². The van der Waals surface area contributed by atoms with Crippen molar-refractivity contribution in [3.63, 3.8) is 0 Å². The fraction of sp³-hybridized carbons (Fsp3) is 0.393. The maximum absolute atomic E-state index is 5.41. The van der Waals surface area contributed by atoms with Crippen LogP contribution in [0.25, 0.3) is 44.3 Å². The van der Waals surface area contributed by atoms with Crippen LogP contribution in [0.2, 0.25) is 0 Å². The lowest BCUT2D eigenvalue weighted by atomic mass is 9.58. The minimum absolute atomic E-state index is 0. The van der Waals surface area contributed by atoms with Crippen molar-refractivity contribution < 1.29 is 0 Å². The van der Waals surface area contributed by atoms with Gasteiger partial charge in [-0.2, -0.15) is 10.2 Å². The van der Waals surface area contributed by atoms with E-state index in [1.807, 2.05) is 24.1 Å². The molecule has 1 atom stereocenters. The van der Waals surface area contributed by atoms with Gasteiger partial charge in [-0.15, -0.1) is 0 Å². The van der Waals surface area contributed by atoms with Crippen LogP contribution in [0.15, 0.2) is 36.7 Å². The van der Waals surface area contributed by atoms with Crippen LogP contribution in [0.4, 0.5) is 0 Å². The fourth-order valence-electron chi connectivity index (χ4n) is 6.39. The molecule has 2 aromatic carbocycles. The highest BCUT2D eigenvalue weighted by atomic mass is 127. The van der Waals surface area contributed by atoms with Crippen LogP contribution in [0.3, 0.4) is 0 Å². The average molecular weight is 625 g/mol. The monoisotopic (exact) mass is 625 g/mol. The van der Waals surface area contributed by atoms with Gasteiger partial charge in [-0.25, -0.2) is 9.44 Å². The number of aryl methyl sites for hydroxylation is 2. The van der Waals surface area contributed by atoms with Gasteiger partial charge in [0.25, 0.3) is 0 Å². The van der Waals surface area contributed by atoms with Gasteiger partial charge in [-0.05, 0) is 83.5 Å². The van der Waals surface area contributed by atoms with Gasteiger partial charge < -0.3 is 9.88 Å². The van der Waals surface area contributed by atoms with Crippen molar-refractivity contribution in [3.8, 4) is 22.5 Å². The highest BCUT2D eigenvalue weighted by Crippen LogP contribution is 2.54. The van der Waals surface area contributed by atoms with Gasteiger partial charge >= 0.3 is 0 Å². The third kappa shape index (κ3) is 3.62. The first-order valence-corrected chi connectivity index (χ1v) is 16.5. The molecule has 0 amide bonds. The predicted molar refractivity (Wildman–Crippen MR) is 163 cm³/mol. The quantitative estimate of drug-likeness (QED) is 0.183. The first kappa shape index (κ1) is 25.0. The number of imidazole rings is 1. The first-order chi connectivity index (χ1) is 17.4. The van der Waals surface area contributed by atoms with E-state index >= 15 is 0 Å². The molecular formula is C28H33IN7P. The molecule has 1 saturated heterocycles. The molecule has 2 aliphatic rings. The molecule has 1 unspecified atom stereocenters. The van der Waals surface area contributed by atoms with E-state index in [2.05, 4.69) is 86.6 Å². The number of benzene rings is 2.